The number of nitro benzene ring substituents is 1. The standard InChI is InChI=1S/2C10H10F2N2O.C7H5NO4.C6H8O3/c2*11-6-3-5-1-2-8(13)10(15)14-9(5)7(12)4-6;9-4-5-3-6(8(11)12)1-2-7(5)10;7-5-2-1-4(3-5)6(8)9/h2*3-4,8H,1-2,13H2,(H,14,15);1-4,10H;4H,1-3H2,(H,8,9)/t8-;;;4-/m0..1/s1. The number of halogens is 4. The fourth-order valence-electron chi connectivity index (χ4n) is 5.02. The van der Waals surface area contributed by atoms with E-state index < -0.39 is 64.0 Å². The molecule has 2 amide bonds. The zero-order chi connectivity index (χ0) is 38.0. The molecule has 3 aromatic rings. The Labute approximate surface area is 287 Å². The Morgan fingerprint density at radius 3 is 1.69 bits per heavy atom. The lowest BCUT2D eigenvalue weighted by Gasteiger charge is -2.08. The maximum absolute atomic E-state index is 13.3. The second-order valence-electron chi connectivity index (χ2n) is 11.5. The monoisotopic (exact) mass is 719 g/mol. The molecule has 6 rings (SSSR count). The van der Waals surface area contributed by atoms with Crippen molar-refractivity contribution in [2.75, 3.05) is 10.6 Å². The van der Waals surface area contributed by atoms with Crippen molar-refractivity contribution in [1.29, 1.82) is 0 Å². The molecule has 1 aliphatic carbocycles. The number of nitrogens with one attached hydrogen (secondary N) is 2. The molecule has 8 N–H and O–H groups in total. The quantitative estimate of drug-likeness (QED) is 0.0981. The van der Waals surface area contributed by atoms with Crippen molar-refractivity contribution in [1.82, 2.24) is 0 Å². The first-order chi connectivity index (χ1) is 24.0. The molecule has 2 heterocycles. The number of carbonyl (C=O) groups excluding carboxylic acids is 4. The first-order valence-corrected chi connectivity index (χ1v) is 15.3. The first kappa shape index (κ1) is 39.7. The summed E-state index contributed by atoms with van der Waals surface area (Å²) in [6.45, 7) is 0. The molecule has 2 aliphatic heterocycles. The number of benzene rings is 3. The van der Waals surface area contributed by atoms with Crippen molar-refractivity contribution in [2.45, 2.75) is 57.0 Å². The molecule has 0 bridgehead atoms. The molecule has 272 valence electrons. The van der Waals surface area contributed by atoms with Gasteiger partial charge in [0.05, 0.1) is 39.9 Å². The highest BCUT2D eigenvalue weighted by Crippen LogP contribution is 2.27. The second-order valence-corrected chi connectivity index (χ2v) is 11.5. The molecular formula is C33H33F4N5O9. The zero-order valence-electron chi connectivity index (χ0n) is 26.7. The van der Waals surface area contributed by atoms with Crippen LogP contribution in [0.3, 0.4) is 0 Å². The number of fused-ring (bicyclic) bond motifs is 2. The summed E-state index contributed by atoms with van der Waals surface area (Å²) in [5.41, 5.74) is 11.7. The number of carbonyl (C=O) groups is 5. The molecule has 0 aromatic heterocycles. The molecule has 1 fully saturated rings. The summed E-state index contributed by atoms with van der Waals surface area (Å²) in [5, 5.41) is 32.3. The number of phenols is 1. The number of aryl methyl sites for hydroxylation is 2. The van der Waals surface area contributed by atoms with Crippen LogP contribution in [0, 0.1) is 39.3 Å². The SMILES string of the molecule is NC1CCc2cc(F)cc(F)c2NC1=O.N[C@H]1CCc2cc(F)cc(F)c2NC1=O.O=C1CC[C@@H](C(=O)O)C1.O=Cc1cc([N+](=O)[O-])ccc1O. The number of amides is 2. The molecule has 3 aromatic carbocycles. The minimum absolute atomic E-state index is 0.0503. The summed E-state index contributed by atoms with van der Waals surface area (Å²) in [6.07, 6.45) is 3.17. The fourth-order valence-corrected chi connectivity index (χ4v) is 5.02. The van der Waals surface area contributed by atoms with Crippen LogP contribution < -0.4 is 22.1 Å². The minimum Gasteiger partial charge on any atom is -0.507 e. The maximum Gasteiger partial charge on any atom is 0.306 e. The van der Waals surface area contributed by atoms with Crippen molar-refractivity contribution >= 4 is 46.9 Å². The van der Waals surface area contributed by atoms with Crippen LogP contribution in [-0.4, -0.2) is 57.1 Å². The number of phenolic OH excluding ortho intramolecular Hbond substituents is 1. The van der Waals surface area contributed by atoms with Gasteiger partial charge in [-0.25, -0.2) is 17.6 Å². The fraction of sp³-hybridized carbons (Fsp3) is 0.303. The number of aldehydes is 1. The zero-order valence-corrected chi connectivity index (χ0v) is 26.7. The molecule has 1 unspecified atom stereocenters. The Kier molecular flexibility index (Phi) is 13.8. The van der Waals surface area contributed by atoms with Crippen molar-refractivity contribution < 1.29 is 56.7 Å². The molecule has 0 saturated heterocycles. The first-order valence-electron chi connectivity index (χ1n) is 15.3. The van der Waals surface area contributed by atoms with E-state index in [1.54, 1.807) is 0 Å². The minimum atomic E-state index is -0.833. The number of nitrogens with zero attached hydrogens (tertiary/aromatic N) is 1. The number of hydrogen-bond donors (Lipinski definition) is 6. The number of ketones is 1. The van der Waals surface area contributed by atoms with Gasteiger partial charge in [0.2, 0.25) is 11.8 Å². The van der Waals surface area contributed by atoms with Crippen molar-refractivity contribution in [3.8, 4) is 5.75 Å². The van der Waals surface area contributed by atoms with Gasteiger partial charge >= 0.3 is 5.97 Å². The van der Waals surface area contributed by atoms with Crippen LogP contribution in [0.1, 0.15) is 53.6 Å². The van der Waals surface area contributed by atoms with Gasteiger partial charge in [0, 0.05) is 37.1 Å². The molecular weight excluding hydrogens is 686 g/mol. The van der Waals surface area contributed by atoms with E-state index in [1.807, 2.05) is 0 Å². The molecule has 3 atom stereocenters. The Hall–Kier alpha value is -5.75. The van der Waals surface area contributed by atoms with E-state index in [4.69, 9.17) is 21.7 Å². The van der Waals surface area contributed by atoms with Gasteiger partial charge in [0.1, 0.15) is 34.8 Å². The van der Waals surface area contributed by atoms with Crippen LogP contribution in [0.2, 0.25) is 0 Å². The van der Waals surface area contributed by atoms with Crippen LogP contribution >= 0.6 is 0 Å². The second kappa shape index (κ2) is 17.8. The number of aliphatic carboxylic acids is 1. The Bertz CT molecular complexity index is 1760. The summed E-state index contributed by atoms with van der Waals surface area (Å²) in [4.78, 5) is 63.1. The number of anilines is 2. The number of carboxylic acids is 1. The normalized spacial score (nSPS) is 18.9. The third kappa shape index (κ3) is 11.1. The lowest BCUT2D eigenvalue weighted by atomic mass is 10.1. The van der Waals surface area contributed by atoms with Gasteiger partial charge in [-0.15, -0.1) is 0 Å². The van der Waals surface area contributed by atoms with Gasteiger partial charge in [-0.1, -0.05) is 0 Å². The Morgan fingerprint density at radius 2 is 1.31 bits per heavy atom. The molecule has 51 heavy (non-hydrogen) atoms. The van der Waals surface area contributed by atoms with Crippen LogP contribution in [0.25, 0.3) is 0 Å². The molecule has 3 aliphatic rings. The van der Waals surface area contributed by atoms with E-state index >= 15 is 0 Å². The molecule has 0 spiro atoms. The average molecular weight is 720 g/mol. The Balaban J connectivity index is 0.000000187. The third-order valence-corrected chi connectivity index (χ3v) is 7.84. The summed E-state index contributed by atoms with van der Waals surface area (Å²) in [7, 11) is 0. The number of nitro groups is 1. The maximum atomic E-state index is 13.3. The number of rotatable bonds is 3. The topological polar surface area (TPSA) is 245 Å². The predicted octanol–water partition coefficient (Wildman–Crippen LogP) is 3.91. The largest absolute Gasteiger partial charge is 0.507 e. The van der Waals surface area contributed by atoms with E-state index in [0.29, 0.717) is 55.9 Å². The lowest BCUT2D eigenvalue weighted by molar-refractivity contribution is -0.384. The van der Waals surface area contributed by atoms with Crippen molar-refractivity contribution in [3.05, 3.63) is 92.5 Å². The van der Waals surface area contributed by atoms with Gasteiger partial charge < -0.3 is 32.3 Å². The molecule has 18 heteroatoms. The van der Waals surface area contributed by atoms with Gasteiger partial charge in [-0.2, -0.15) is 0 Å². The average Bonchev–Trinajstić information content (AvgIpc) is 3.39. The van der Waals surface area contributed by atoms with Gasteiger partial charge in [-0.05, 0) is 61.4 Å². The van der Waals surface area contributed by atoms with Crippen molar-refractivity contribution in [3.63, 3.8) is 0 Å². The molecule has 14 nitrogen and oxygen atoms in total. The van der Waals surface area contributed by atoms with E-state index in [1.165, 1.54) is 12.1 Å². The van der Waals surface area contributed by atoms with Crippen LogP contribution in [0.15, 0.2) is 42.5 Å². The van der Waals surface area contributed by atoms with Gasteiger partial charge in [-0.3, -0.25) is 34.1 Å². The van der Waals surface area contributed by atoms with E-state index in [2.05, 4.69) is 10.6 Å². The predicted molar refractivity (Wildman–Crippen MR) is 173 cm³/mol. The summed E-state index contributed by atoms with van der Waals surface area (Å²) >= 11 is 0. The highest BCUT2D eigenvalue weighted by Gasteiger charge is 2.27. The number of hydrogen-bond acceptors (Lipinski definition) is 10. The molecule has 0 radical (unpaired) electrons. The summed E-state index contributed by atoms with van der Waals surface area (Å²) in [6, 6.07) is 5.85. The number of nitrogens with two attached hydrogens (primary N) is 2. The lowest BCUT2D eigenvalue weighted by Crippen LogP contribution is -2.34. The van der Waals surface area contributed by atoms with E-state index in [-0.39, 0.29) is 40.6 Å². The van der Waals surface area contributed by atoms with Gasteiger partial charge in [0.25, 0.3) is 5.69 Å². The van der Waals surface area contributed by atoms with Crippen LogP contribution in [-0.2, 0) is 32.0 Å². The molecule has 1 saturated carbocycles. The van der Waals surface area contributed by atoms with Gasteiger partial charge in [0.15, 0.2) is 6.29 Å². The number of aromatic hydroxyl groups is 1. The van der Waals surface area contributed by atoms with E-state index in [9.17, 15) is 51.6 Å². The van der Waals surface area contributed by atoms with Crippen LogP contribution in [0.5, 0.6) is 5.75 Å². The summed E-state index contributed by atoms with van der Waals surface area (Å²) in [5.74, 6) is -5.05. The number of carboxylic acid groups (broad SMARTS) is 1. The smallest absolute Gasteiger partial charge is 0.306 e. The van der Waals surface area contributed by atoms with Crippen molar-refractivity contribution in [2.24, 2.45) is 17.4 Å². The number of non-ortho nitro benzene ring substituents is 1. The third-order valence-electron chi connectivity index (χ3n) is 7.84. The highest BCUT2D eigenvalue weighted by molar-refractivity contribution is 5.97. The summed E-state index contributed by atoms with van der Waals surface area (Å²) < 4.78 is 52.4. The highest BCUT2D eigenvalue weighted by atomic mass is 19.1. The Morgan fingerprint density at radius 1 is 0.824 bits per heavy atom. The number of Topliss-reactive ketones (excluding diaryl/α,β-unsaturated/α-hetero) is 1. The van der Waals surface area contributed by atoms with Crippen LogP contribution in [0.4, 0.5) is 34.6 Å². The van der Waals surface area contributed by atoms with E-state index in [0.717, 1.165) is 30.3 Å².